The van der Waals surface area contributed by atoms with Crippen molar-refractivity contribution in [3.8, 4) is 0 Å². The number of benzene rings is 1. The zero-order valence-electron chi connectivity index (χ0n) is 9.42. The van der Waals surface area contributed by atoms with Gasteiger partial charge in [-0.1, -0.05) is 23.4 Å². The van der Waals surface area contributed by atoms with Gasteiger partial charge in [0, 0.05) is 6.54 Å². The molecule has 0 bridgehead atoms. The molecule has 0 radical (unpaired) electrons. The van der Waals surface area contributed by atoms with Crippen LogP contribution in [-0.4, -0.2) is 15.6 Å². The molecule has 0 atom stereocenters. The Morgan fingerprint density at radius 1 is 1.47 bits per heavy atom. The summed E-state index contributed by atoms with van der Waals surface area (Å²) in [6, 6.07) is 9.14. The molecule has 5 nitrogen and oxygen atoms in total. The summed E-state index contributed by atoms with van der Waals surface area (Å²) in [5.41, 5.74) is 6.31. The van der Waals surface area contributed by atoms with Crippen molar-refractivity contribution < 1.29 is 5.21 Å². The fourth-order valence-corrected chi connectivity index (χ4v) is 1.88. The number of nitrogens with two attached hydrogens (primary N) is 1. The summed E-state index contributed by atoms with van der Waals surface area (Å²) in [4.78, 5) is 12.1. The Kier molecular flexibility index (Phi) is 2.82. The fourth-order valence-electron chi connectivity index (χ4n) is 1.88. The van der Waals surface area contributed by atoms with E-state index in [1.54, 1.807) is 10.6 Å². The molecule has 1 aromatic carbocycles. The van der Waals surface area contributed by atoms with Crippen molar-refractivity contribution in [2.75, 3.05) is 0 Å². The first-order valence-electron chi connectivity index (χ1n) is 5.29. The largest absolute Gasteiger partial charge is 0.409 e. The first kappa shape index (κ1) is 11.2. The smallest absolute Gasteiger partial charge is 0.262 e. The number of oxime groups is 1. The number of hydrogen-bond acceptors (Lipinski definition) is 3. The first-order chi connectivity index (χ1) is 8.19. The van der Waals surface area contributed by atoms with Gasteiger partial charge in [0.15, 0.2) is 5.84 Å². The molecule has 0 aliphatic heterocycles. The molecule has 1 aromatic heterocycles. The number of amidine groups is 1. The lowest BCUT2D eigenvalue weighted by Gasteiger charge is -2.10. The van der Waals surface area contributed by atoms with Gasteiger partial charge in [-0.2, -0.15) is 0 Å². The molecule has 2 aromatic rings. The predicted molar refractivity (Wildman–Crippen MR) is 66.4 cm³/mol. The Morgan fingerprint density at radius 3 is 2.82 bits per heavy atom. The van der Waals surface area contributed by atoms with Crippen LogP contribution in [0.3, 0.4) is 0 Å². The lowest BCUT2D eigenvalue weighted by molar-refractivity contribution is 0.318. The van der Waals surface area contributed by atoms with Crippen molar-refractivity contribution in [3.05, 3.63) is 46.2 Å². The summed E-state index contributed by atoms with van der Waals surface area (Å²) >= 11 is 0. The summed E-state index contributed by atoms with van der Waals surface area (Å²) < 4.78 is 1.60. The number of aryl methyl sites for hydroxylation is 1. The minimum Gasteiger partial charge on any atom is -0.409 e. The van der Waals surface area contributed by atoms with Crippen LogP contribution in [-0.2, 0) is 6.54 Å². The minimum atomic E-state index is -0.249. The standard InChI is InChI=1S/C12H13N3O2/c1-2-15-10-6-4-3-5-8(10)7-9(12(15)16)11(13)14-17/h3-7,17H,2H2,1H3,(H2,13,14). The zero-order chi connectivity index (χ0) is 12.4. The second-order valence-electron chi connectivity index (χ2n) is 3.65. The quantitative estimate of drug-likeness (QED) is 0.351. The monoisotopic (exact) mass is 231 g/mol. The molecule has 3 N–H and O–H groups in total. The molecule has 0 aliphatic rings. The highest BCUT2D eigenvalue weighted by atomic mass is 16.4. The molecule has 0 amide bonds. The number of pyridine rings is 1. The van der Waals surface area contributed by atoms with E-state index in [-0.39, 0.29) is 17.0 Å². The van der Waals surface area contributed by atoms with Gasteiger partial charge in [-0.25, -0.2) is 0 Å². The molecule has 2 rings (SSSR count). The Hall–Kier alpha value is -2.30. The normalized spacial score (nSPS) is 11.9. The highest BCUT2D eigenvalue weighted by Gasteiger charge is 2.10. The van der Waals surface area contributed by atoms with Gasteiger partial charge in [-0.05, 0) is 24.4 Å². The summed E-state index contributed by atoms with van der Waals surface area (Å²) in [6.45, 7) is 2.41. The Labute approximate surface area is 97.8 Å². The number of fused-ring (bicyclic) bond motifs is 1. The minimum absolute atomic E-state index is 0.164. The summed E-state index contributed by atoms with van der Waals surface area (Å²) in [7, 11) is 0. The van der Waals surface area contributed by atoms with E-state index in [0.717, 1.165) is 10.9 Å². The molecular weight excluding hydrogens is 218 g/mol. The Morgan fingerprint density at radius 2 is 2.18 bits per heavy atom. The lowest BCUT2D eigenvalue weighted by atomic mass is 10.1. The van der Waals surface area contributed by atoms with Crippen LogP contribution in [0.4, 0.5) is 0 Å². The maximum absolute atomic E-state index is 12.1. The number of hydrogen-bond donors (Lipinski definition) is 2. The van der Waals surface area contributed by atoms with Crippen molar-refractivity contribution in [2.45, 2.75) is 13.5 Å². The van der Waals surface area contributed by atoms with Crippen LogP contribution in [0.2, 0.25) is 0 Å². The number of para-hydroxylation sites is 1. The molecule has 5 heteroatoms. The van der Waals surface area contributed by atoms with Crippen molar-refractivity contribution >= 4 is 16.7 Å². The van der Waals surface area contributed by atoms with Crippen molar-refractivity contribution in [1.82, 2.24) is 4.57 Å². The lowest BCUT2D eigenvalue weighted by Crippen LogP contribution is -2.30. The third-order valence-corrected chi connectivity index (χ3v) is 2.70. The van der Waals surface area contributed by atoms with Crippen LogP contribution in [0.15, 0.2) is 40.3 Å². The van der Waals surface area contributed by atoms with Gasteiger partial charge in [0.25, 0.3) is 5.56 Å². The molecule has 0 spiro atoms. The summed E-state index contributed by atoms with van der Waals surface area (Å²) in [6.07, 6.45) is 0. The van der Waals surface area contributed by atoms with Crippen molar-refractivity contribution in [2.24, 2.45) is 10.9 Å². The molecule has 1 heterocycles. The van der Waals surface area contributed by atoms with Crippen LogP contribution >= 0.6 is 0 Å². The zero-order valence-corrected chi connectivity index (χ0v) is 9.42. The molecule has 17 heavy (non-hydrogen) atoms. The van der Waals surface area contributed by atoms with Gasteiger partial charge in [0.05, 0.1) is 11.1 Å². The van der Waals surface area contributed by atoms with E-state index in [4.69, 9.17) is 10.9 Å². The predicted octanol–water partition coefficient (Wildman–Crippen LogP) is 1.12. The molecule has 0 unspecified atom stereocenters. The van der Waals surface area contributed by atoms with E-state index in [2.05, 4.69) is 5.16 Å². The molecule has 0 saturated heterocycles. The van der Waals surface area contributed by atoms with Gasteiger partial charge in [-0.3, -0.25) is 4.79 Å². The summed E-state index contributed by atoms with van der Waals surface area (Å²) in [5.74, 6) is -0.164. The Balaban J connectivity index is 2.90. The third kappa shape index (κ3) is 1.75. The molecular formula is C12H13N3O2. The number of aromatic nitrogens is 1. The third-order valence-electron chi connectivity index (χ3n) is 2.70. The molecule has 88 valence electrons. The van der Waals surface area contributed by atoms with Gasteiger partial charge in [-0.15, -0.1) is 0 Å². The van der Waals surface area contributed by atoms with Crippen LogP contribution in [0, 0.1) is 0 Å². The second kappa shape index (κ2) is 4.29. The second-order valence-corrected chi connectivity index (χ2v) is 3.65. The summed E-state index contributed by atoms with van der Waals surface area (Å²) in [5, 5.41) is 12.4. The van der Waals surface area contributed by atoms with Crippen LogP contribution in [0.5, 0.6) is 0 Å². The molecule has 0 aliphatic carbocycles. The maximum Gasteiger partial charge on any atom is 0.262 e. The SMILES string of the molecule is CCn1c(=O)c(/C(N)=N\O)cc2ccccc21. The van der Waals surface area contributed by atoms with E-state index in [1.165, 1.54) is 0 Å². The van der Waals surface area contributed by atoms with Crippen LogP contribution < -0.4 is 11.3 Å². The van der Waals surface area contributed by atoms with Gasteiger partial charge in [0.1, 0.15) is 0 Å². The van der Waals surface area contributed by atoms with Crippen molar-refractivity contribution in [3.63, 3.8) is 0 Å². The average Bonchev–Trinajstić information content (AvgIpc) is 2.37. The van der Waals surface area contributed by atoms with E-state index in [1.807, 2.05) is 31.2 Å². The molecule has 0 saturated carbocycles. The van der Waals surface area contributed by atoms with Gasteiger partial charge < -0.3 is 15.5 Å². The van der Waals surface area contributed by atoms with E-state index >= 15 is 0 Å². The number of rotatable bonds is 2. The van der Waals surface area contributed by atoms with E-state index in [9.17, 15) is 4.79 Å². The van der Waals surface area contributed by atoms with Crippen LogP contribution in [0.25, 0.3) is 10.9 Å². The van der Waals surface area contributed by atoms with E-state index in [0.29, 0.717) is 6.54 Å². The van der Waals surface area contributed by atoms with Crippen molar-refractivity contribution in [1.29, 1.82) is 0 Å². The highest BCUT2D eigenvalue weighted by molar-refractivity contribution is 5.99. The first-order valence-corrected chi connectivity index (χ1v) is 5.29. The fraction of sp³-hybridized carbons (Fsp3) is 0.167. The Bertz CT molecular complexity index is 644. The maximum atomic E-state index is 12.1. The van der Waals surface area contributed by atoms with Gasteiger partial charge >= 0.3 is 0 Å². The average molecular weight is 231 g/mol. The highest BCUT2D eigenvalue weighted by Crippen LogP contribution is 2.13. The van der Waals surface area contributed by atoms with Gasteiger partial charge in [0.2, 0.25) is 0 Å². The number of nitrogens with zero attached hydrogens (tertiary/aromatic N) is 2. The van der Waals surface area contributed by atoms with Crippen LogP contribution in [0.1, 0.15) is 12.5 Å². The molecule has 0 fully saturated rings. The van der Waals surface area contributed by atoms with E-state index < -0.39 is 0 Å². The topological polar surface area (TPSA) is 80.6 Å².